The highest BCUT2D eigenvalue weighted by molar-refractivity contribution is 6.18. The zero-order valence-corrected chi connectivity index (χ0v) is 32.3. The Bertz CT molecular complexity index is 3590. The van der Waals surface area contributed by atoms with Crippen LogP contribution >= 0.6 is 0 Å². The number of fused-ring (bicyclic) bond motifs is 7. The Kier molecular flexibility index (Phi) is 7.78. The summed E-state index contributed by atoms with van der Waals surface area (Å²) in [5, 5.41) is 7.01. The molecule has 0 spiro atoms. The van der Waals surface area contributed by atoms with Gasteiger partial charge in [0.2, 0.25) is 0 Å². The lowest BCUT2D eigenvalue weighted by Crippen LogP contribution is -2.00. The third-order valence-corrected chi connectivity index (χ3v) is 11.6. The molecule has 12 aromatic rings. The van der Waals surface area contributed by atoms with Crippen molar-refractivity contribution < 1.29 is 4.42 Å². The van der Waals surface area contributed by atoms with Crippen molar-refractivity contribution in [2.45, 2.75) is 0 Å². The van der Waals surface area contributed by atoms with E-state index in [2.05, 4.69) is 168 Å². The van der Waals surface area contributed by atoms with Crippen molar-refractivity contribution >= 4 is 54.5 Å². The van der Waals surface area contributed by atoms with E-state index in [4.69, 9.17) is 19.4 Å². The van der Waals surface area contributed by atoms with Crippen molar-refractivity contribution in [3.05, 3.63) is 206 Å². The highest BCUT2D eigenvalue weighted by Gasteiger charge is 2.22. The van der Waals surface area contributed by atoms with Crippen molar-refractivity contribution in [1.82, 2.24) is 19.5 Å². The molecule has 3 aromatic heterocycles. The summed E-state index contributed by atoms with van der Waals surface area (Å²) < 4.78 is 9.27. The normalized spacial score (nSPS) is 11.7. The Morgan fingerprint density at radius 3 is 1.67 bits per heavy atom. The van der Waals surface area contributed by atoms with Crippen molar-refractivity contribution in [2.24, 2.45) is 0 Å². The van der Waals surface area contributed by atoms with Gasteiger partial charge >= 0.3 is 0 Å². The first-order valence-electron chi connectivity index (χ1n) is 20.2. The number of hydrogen-bond acceptors (Lipinski definition) is 4. The molecular weight excluding hydrogens is 733 g/mol. The number of nitrogens with zero attached hydrogens (tertiary/aromatic N) is 4. The second kappa shape index (κ2) is 13.8. The third kappa shape index (κ3) is 5.59. The lowest BCUT2D eigenvalue weighted by molar-refractivity contribution is 0.670. The molecule has 9 aromatic carbocycles. The summed E-state index contributed by atoms with van der Waals surface area (Å²) in [6.07, 6.45) is 0. The molecular formula is C55H34N4O. The summed E-state index contributed by atoms with van der Waals surface area (Å²) in [5.41, 5.74) is 12.1. The van der Waals surface area contributed by atoms with Crippen LogP contribution in [0.15, 0.2) is 211 Å². The van der Waals surface area contributed by atoms with Crippen LogP contribution in [0.1, 0.15) is 0 Å². The molecule has 0 fully saturated rings. The lowest BCUT2D eigenvalue weighted by atomic mass is 9.99. The number of para-hydroxylation sites is 2. The number of benzene rings is 9. The van der Waals surface area contributed by atoms with Gasteiger partial charge in [-0.1, -0.05) is 164 Å². The molecule has 0 radical (unpaired) electrons. The highest BCUT2D eigenvalue weighted by atomic mass is 16.3. The molecule has 0 aliphatic heterocycles. The van der Waals surface area contributed by atoms with E-state index in [0.717, 1.165) is 77.6 Å². The molecule has 0 unspecified atom stereocenters. The van der Waals surface area contributed by atoms with E-state index < -0.39 is 0 Å². The molecule has 5 nitrogen and oxygen atoms in total. The summed E-state index contributed by atoms with van der Waals surface area (Å²) in [4.78, 5) is 15.2. The van der Waals surface area contributed by atoms with Crippen LogP contribution in [0.25, 0.3) is 117 Å². The Hall–Kier alpha value is -8.15. The first-order valence-corrected chi connectivity index (χ1v) is 20.2. The Labute approximate surface area is 345 Å². The smallest absolute Gasteiger partial charge is 0.164 e. The standard InChI is InChI=1S/C55H34N4O/c1-3-14-35(15-4-1)36-26-28-38(29-27-36)54-56-53(37-16-5-2-6-17-37)57-55(58-54)42-21-13-20-41(32-42)43-30-31-48(51-45-23-10-12-25-50(45)60-52(43)51)59-47-24-11-9-22-44(47)46-33-39-18-7-8-19-40(39)34-49(46)59/h1-34H. The molecule has 0 saturated carbocycles. The fourth-order valence-corrected chi connectivity index (χ4v) is 8.76. The van der Waals surface area contributed by atoms with E-state index >= 15 is 0 Å². The minimum absolute atomic E-state index is 0.600. The van der Waals surface area contributed by atoms with Crippen LogP contribution in [-0.4, -0.2) is 19.5 Å². The number of aromatic nitrogens is 4. The minimum atomic E-state index is 0.600. The van der Waals surface area contributed by atoms with Crippen molar-refractivity contribution in [1.29, 1.82) is 0 Å². The quantitative estimate of drug-likeness (QED) is 0.169. The van der Waals surface area contributed by atoms with Crippen LogP contribution in [-0.2, 0) is 0 Å². The SMILES string of the molecule is c1ccc(-c2ccc(-c3nc(-c4ccccc4)nc(-c4cccc(-c5ccc(-n6c7ccccc7c7cc8ccccc8cc76)c6c5oc5ccccc56)c4)n3)cc2)cc1. The number of furan rings is 1. The molecule has 0 bridgehead atoms. The monoisotopic (exact) mass is 766 g/mol. The van der Waals surface area contributed by atoms with Gasteiger partial charge in [0.25, 0.3) is 0 Å². The van der Waals surface area contributed by atoms with Gasteiger partial charge in [0.05, 0.1) is 22.1 Å². The molecule has 5 heteroatoms. The average molecular weight is 767 g/mol. The zero-order chi connectivity index (χ0) is 39.6. The fraction of sp³-hybridized carbons (Fsp3) is 0. The molecule has 0 atom stereocenters. The van der Waals surface area contributed by atoms with E-state index in [-0.39, 0.29) is 0 Å². The molecule has 0 amide bonds. The summed E-state index contributed by atoms with van der Waals surface area (Å²) in [7, 11) is 0. The van der Waals surface area contributed by atoms with E-state index in [1.54, 1.807) is 0 Å². The van der Waals surface area contributed by atoms with Gasteiger partial charge in [-0.05, 0) is 69.9 Å². The first kappa shape index (κ1) is 33.9. The molecule has 60 heavy (non-hydrogen) atoms. The van der Waals surface area contributed by atoms with Gasteiger partial charge < -0.3 is 8.98 Å². The predicted octanol–water partition coefficient (Wildman–Crippen LogP) is 14.4. The van der Waals surface area contributed by atoms with E-state index in [9.17, 15) is 0 Å². The summed E-state index contributed by atoms with van der Waals surface area (Å²) >= 11 is 0. The molecule has 0 saturated heterocycles. The first-order chi connectivity index (χ1) is 29.7. The largest absolute Gasteiger partial charge is 0.455 e. The van der Waals surface area contributed by atoms with Crippen LogP contribution < -0.4 is 0 Å². The van der Waals surface area contributed by atoms with Crippen LogP contribution in [0.3, 0.4) is 0 Å². The maximum absolute atomic E-state index is 6.86. The molecule has 0 N–H and O–H groups in total. The second-order valence-electron chi connectivity index (χ2n) is 15.2. The maximum Gasteiger partial charge on any atom is 0.164 e. The van der Waals surface area contributed by atoms with Gasteiger partial charge in [-0.2, -0.15) is 0 Å². The lowest BCUT2D eigenvalue weighted by Gasteiger charge is -2.13. The Morgan fingerprint density at radius 1 is 0.350 bits per heavy atom. The second-order valence-corrected chi connectivity index (χ2v) is 15.2. The maximum atomic E-state index is 6.86. The number of hydrogen-bond donors (Lipinski definition) is 0. The summed E-state index contributed by atoms with van der Waals surface area (Å²) in [5.74, 6) is 1.84. The molecule has 12 rings (SSSR count). The van der Waals surface area contributed by atoms with E-state index in [1.807, 2.05) is 42.5 Å². The van der Waals surface area contributed by atoms with Gasteiger partial charge in [0.15, 0.2) is 17.5 Å². The van der Waals surface area contributed by atoms with Crippen LogP contribution in [0.5, 0.6) is 0 Å². The van der Waals surface area contributed by atoms with Crippen LogP contribution in [0.4, 0.5) is 0 Å². The molecule has 0 aliphatic carbocycles. The van der Waals surface area contributed by atoms with E-state index in [1.165, 1.54) is 21.5 Å². The van der Waals surface area contributed by atoms with Gasteiger partial charge in [0, 0.05) is 38.4 Å². The molecule has 280 valence electrons. The number of rotatable bonds is 6. The predicted molar refractivity (Wildman–Crippen MR) is 246 cm³/mol. The van der Waals surface area contributed by atoms with Gasteiger partial charge in [-0.15, -0.1) is 0 Å². The van der Waals surface area contributed by atoms with E-state index in [0.29, 0.717) is 17.5 Å². The molecule has 3 heterocycles. The summed E-state index contributed by atoms with van der Waals surface area (Å²) in [6.45, 7) is 0. The summed E-state index contributed by atoms with van der Waals surface area (Å²) in [6, 6.07) is 72.1. The highest BCUT2D eigenvalue weighted by Crippen LogP contribution is 2.43. The Morgan fingerprint density at radius 2 is 0.900 bits per heavy atom. The van der Waals surface area contributed by atoms with Crippen molar-refractivity contribution in [3.63, 3.8) is 0 Å². The van der Waals surface area contributed by atoms with Gasteiger partial charge in [-0.3, -0.25) is 0 Å². The zero-order valence-electron chi connectivity index (χ0n) is 32.3. The molecule has 0 aliphatic rings. The van der Waals surface area contributed by atoms with Crippen molar-refractivity contribution in [2.75, 3.05) is 0 Å². The van der Waals surface area contributed by atoms with Crippen LogP contribution in [0.2, 0.25) is 0 Å². The van der Waals surface area contributed by atoms with Crippen molar-refractivity contribution in [3.8, 4) is 62.1 Å². The fourth-order valence-electron chi connectivity index (χ4n) is 8.76. The topological polar surface area (TPSA) is 56.7 Å². The Balaban J connectivity index is 1.03. The average Bonchev–Trinajstić information content (AvgIpc) is 3.87. The van der Waals surface area contributed by atoms with Gasteiger partial charge in [-0.25, -0.2) is 15.0 Å². The third-order valence-electron chi connectivity index (χ3n) is 11.6. The van der Waals surface area contributed by atoms with Gasteiger partial charge in [0.1, 0.15) is 11.2 Å². The van der Waals surface area contributed by atoms with Crippen LogP contribution in [0, 0.1) is 0 Å². The minimum Gasteiger partial charge on any atom is -0.455 e.